The molecule has 1 aliphatic heterocycles. The van der Waals surface area contributed by atoms with E-state index in [2.05, 4.69) is 18.7 Å². The number of rotatable bonds is 3. The molecule has 1 aromatic rings. The second kappa shape index (κ2) is 7.78. The van der Waals surface area contributed by atoms with Crippen LogP contribution in [0.25, 0.3) is 0 Å². The summed E-state index contributed by atoms with van der Waals surface area (Å²) in [5.41, 5.74) is 1.07. The number of nitrogens with zero attached hydrogens (tertiary/aromatic N) is 1. The Morgan fingerprint density at radius 2 is 1.66 bits per heavy atom. The van der Waals surface area contributed by atoms with E-state index in [0.717, 1.165) is 42.6 Å². The van der Waals surface area contributed by atoms with Crippen LogP contribution in [0.1, 0.15) is 75.6 Å². The molecular weight excluding hydrogens is 418 g/mol. The predicted octanol–water partition coefficient (Wildman–Crippen LogP) is 5.09. The average Bonchev–Trinajstić information content (AvgIpc) is 3.13. The molecule has 1 aromatic carbocycles. The molecule has 1 heterocycles. The minimum Gasteiger partial charge on any atom is -0.342 e. The summed E-state index contributed by atoms with van der Waals surface area (Å²) in [6.45, 7) is 4.85. The lowest BCUT2D eigenvalue weighted by Gasteiger charge is -2.61. The number of hydrogen-bond acceptors (Lipinski definition) is 3. The van der Waals surface area contributed by atoms with Gasteiger partial charge in [0.15, 0.2) is 5.78 Å². The maximum absolute atomic E-state index is 13.6. The Balaban J connectivity index is 1.39. The van der Waals surface area contributed by atoms with Crippen molar-refractivity contribution >= 4 is 22.5 Å². The number of likely N-dealkylation sites (tertiary alicyclic amines) is 1. The largest absolute Gasteiger partial charge is 0.342 e. The summed E-state index contributed by atoms with van der Waals surface area (Å²) in [6.07, 6.45) is 10.1. The lowest BCUT2D eigenvalue weighted by Crippen LogP contribution is -2.61. The molecule has 3 unspecified atom stereocenters. The average molecular weight is 456 g/mol. The number of amides is 1. The summed E-state index contributed by atoms with van der Waals surface area (Å²) in [5.74, 6) is 2.65. The van der Waals surface area contributed by atoms with Crippen LogP contribution in [0, 0.1) is 34.5 Å². The third-order valence-electron chi connectivity index (χ3n) is 10.3. The van der Waals surface area contributed by atoms with E-state index in [1.807, 2.05) is 31.3 Å². The van der Waals surface area contributed by atoms with Crippen LogP contribution in [0.3, 0.4) is 0 Å². The fourth-order valence-corrected chi connectivity index (χ4v) is 9.11. The van der Waals surface area contributed by atoms with E-state index in [9.17, 15) is 13.8 Å². The summed E-state index contributed by atoms with van der Waals surface area (Å²) < 4.78 is 11.7. The van der Waals surface area contributed by atoms with E-state index in [1.54, 1.807) is 6.26 Å². The highest BCUT2D eigenvalue weighted by Crippen LogP contribution is 2.66. The number of carbonyl (C=O) groups excluding carboxylic acids is 2. The Bertz CT molecular complexity index is 958. The van der Waals surface area contributed by atoms with E-state index < -0.39 is 10.8 Å². The first kappa shape index (κ1) is 22.3. The molecule has 32 heavy (non-hydrogen) atoms. The minimum atomic E-state index is -1.02. The Morgan fingerprint density at radius 1 is 0.969 bits per heavy atom. The van der Waals surface area contributed by atoms with Gasteiger partial charge in [-0.05, 0) is 85.7 Å². The van der Waals surface area contributed by atoms with Crippen molar-refractivity contribution in [2.75, 3.05) is 13.3 Å². The predicted molar refractivity (Wildman–Crippen MR) is 127 cm³/mol. The number of hydrogen-bond donors (Lipinski definition) is 0. The number of ketones is 1. The van der Waals surface area contributed by atoms with Gasteiger partial charge in [0.05, 0.1) is 0 Å². The first-order valence-corrected chi connectivity index (χ1v) is 14.0. The lowest BCUT2D eigenvalue weighted by atomic mass is 9.46. The number of piperidine rings is 1. The van der Waals surface area contributed by atoms with Crippen LogP contribution < -0.4 is 0 Å². The molecule has 3 saturated carbocycles. The Kier molecular flexibility index (Phi) is 5.43. The van der Waals surface area contributed by atoms with Crippen LogP contribution in [-0.4, -0.2) is 40.1 Å². The number of Topliss-reactive ketones (excluding diaryl/α,β-unsaturated/α-hetero) is 1. The van der Waals surface area contributed by atoms with Gasteiger partial charge in [-0.25, -0.2) is 0 Å². The maximum atomic E-state index is 13.6. The minimum absolute atomic E-state index is 0.0735. The van der Waals surface area contributed by atoms with Gasteiger partial charge in [-0.3, -0.25) is 13.8 Å². The molecule has 0 radical (unpaired) electrons. The molecule has 0 bridgehead atoms. The summed E-state index contributed by atoms with van der Waals surface area (Å²) in [6, 6.07) is 7.83. The van der Waals surface area contributed by atoms with Crippen molar-refractivity contribution in [3.05, 3.63) is 29.8 Å². The zero-order valence-electron chi connectivity index (χ0n) is 19.9. The van der Waals surface area contributed by atoms with Crippen molar-refractivity contribution in [3.8, 4) is 0 Å². The van der Waals surface area contributed by atoms with Gasteiger partial charge in [0.25, 0.3) is 0 Å². The van der Waals surface area contributed by atoms with Crippen molar-refractivity contribution in [1.82, 2.24) is 4.90 Å². The number of carbonyl (C=O) groups is 2. The summed E-state index contributed by atoms with van der Waals surface area (Å²) in [4.78, 5) is 28.8. The van der Waals surface area contributed by atoms with Gasteiger partial charge in [0.1, 0.15) is 0 Å². The molecule has 0 aromatic heterocycles. The van der Waals surface area contributed by atoms with Crippen LogP contribution in [0.15, 0.2) is 29.2 Å². The molecule has 0 spiro atoms. The zero-order chi connectivity index (χ0) is 22.8. The highest BCUT2D eigenvalue weighted by molar-refractivity contribution is 7.84. The van der Waals surface area contributed by atoms with Gasteiger partial charge in [0, 0.05) is 52.9 Å². The molecule has 174 valence electrons. The van der Waals surface area contributed by atoms with Crippen molar-refractivity contribution in [1.29, 1.82) is 0 Å². The molecule has 3 aliphatic carbocycles. The van der Waals surface area contributed by atoms with Crippen LogP contribution in [-0.2, 0) is 15.6 Å². The third kappa shape index (κ3) is 3.17. The van der Waals surface area contributed by atoms with Crippen LogP contribution >= 0.6 is 0 Å². The second-order valence-corrected chi connectivity index (χ2v) is 12.9. The zero-order valence-corrected chi connectivity index (χ0v) is 20.7. The van der Waals surface area contributed by atoms with E-state index in [0.29, 0.717) is 36.1 Å². The first-order chi connectivity index (χ1) is 15.2. The topological polar surface area (TPSA) is 54.5 Å². The van der Waals surface area contributed by atoms with Crippen molar-refractivity contribution in [2.24, 2.45) is 34.5 Å². The molecule has 5 heteroatoms. The van der Waals surface area contributed by atoms with Gasteiger partial charge >= 0.3 is 0 Å². The molecular formula is C27H37NO3S. The van der Waals surface area contributed by atoms with E-state index in [1.165, 1.54) is 12.8 Å². The van der Waals surface area contributed by atoms with Crippen molar-refractivity contribution in [2.45, 2.75) is 76.2 Å². The molecule has 1 amide bonds. The second-order valence-electron chi connectivity index (χ2n) is 11.5. The van der Waals surface area contributed by atoms with Gasteiger partial charge < -0.3 is 4.90 Å². The summed E-state index contributed by atoms with van der Waals surface area (Å²) in [7, 11) is 0.995. The van der Waals surface area contributed by atoms with Gasteiger partial charge in [-0.2, -0.15) is 0 Å². The van der Waals surface area contributed by atoms with E-state index >= 15 is 0 Å². The fourth-order valence-electron chi connectivity index (χ4n) is 8.59. The molecule has 0 N–H and O–H groups in total. The quantitative estimate of drug-likeness (QED) is 0.597. The number of benzene rings is 1. The molecule has 5 rings (SSSR count). The fraction of sp³-hybridized carbons (Fsp3) is 0.704. The van der Waals surface area contributed by atoms with Crippen molar-refractivity contribution < 1.29 is 13.8 Å². The third-order valence-corrected chi connectivity index (χ3v) is 11.3. The first-order valence-electron chi connectivity index (χ1n) is 12.4. The highest BCUT2D eigenvalue weighted by atomic mass is 32.2. The molecule has 1 saturated heterocycles. The standard InChI is InChI=1S/C27H37NO3S/c1-26-15-13-21-19(9-12-23-27(21,2)16-14-24(29)28(23)3)20(26)10-11-22(26)25(30)17-5-7-18(8-6-17)32(4)31/h5-8,19-23H,9-16H2,1-4H3/t19-,20-,21+,22?,23?,26-,27+,32?/m0/s1. The van der Waals surface area contributed by atoms with E-state index in [4.69, 9.17) is 0 Å². The van der Waals surface area contributed by atoms with Crippen LogP contribution in [0.4, 0.5) is 0 Å². The van der Waals surface area contributed by atoms with Gasteiger partial charge in [-0.15, -0.1) is 0 Å². The van der Waals surface area contributed by atoms with Gasteiger partial charge in [0.2, 0.25) is 5.91 Å². The van der Waals surface area contributed by atoms with Crippen LogP contribution in [0.2, 0.25) is 0 Å². The normalized spacial score (nSPS) is 42.1. The molecule has 4 nitrogen and oxygen atoms in total. The van der Waals surface area contributed by atoms with Crippen molar-refractivity contribution in [3.63, 3.8) is 0 Å². The van der Waals surface area contributed by atoms with Crippen LogP contribution in [0.5, 0.6) is 0 Å². The molecule has 4 fully saturated rings. The SMILES string of the molecule is CN1C(=O)CC[C@@]2(C)C1CC[C@@H]1[C@H]2CC[C@]2(C)C(C(=O)c3ccc(S(C)=O)cc3)CC[C@@H]12. The lowest BCUT2D eigenvalue weighted by molar-refractivity contribution is -0.157. The number of fused-ring (bicyclic) bond motifs is 5. The Morgan fingerprint density at radius 3 is 2.34 bits per heavy atom. The summed E-state index contributed by atoms with van der Waals surface area (Å²) in [5, 5.41) is 0. The Hall–Kier alpha value is -1.49. The smallest absolute Gasteiger partial charge is 0.222 e. The summed E-state index contributed by atoms with van der Waals surface area (Å²) >= 11 is 0. The molecule has 4 aliphatic rings. The molecule has 8 atom stereocenters. The maximum Gasteiger partial charge on any atom is 0.222 e. The van der Waals surface area contributed by atoms with Gasteiger partial charge in [-0.1, -0.05) is 26.0 Å². The van der Waals surface area contributed by atoms with E-state index in [-0.39, 0.29) is 22.5 Å². The highest BCUT2D eigenvalue weighted by Gasteiger charge is 2.62. The monoisotopic (exact) mass is 455 g/mol. The Labute approximate surface area is 195 Å².